The van der Waals surface area contributed by atoms with E-state index in [0.717, 1.165) is 19.0 Å². The molecule has 1 aromatic carbocycles. The van der Waals surface area contributed by atoms with Gasteiger partial charge in [0.15, 0.2) is 0 Å². The lowest BCUT2D eigenvalue weighted by molar-refractivity contribution is 0.233. The summed E-state index contributed by atoms with van der Waals surface area (Å²) in [5.41, 5.74) is 7.57. The first kappa shape index (κ1) is 13.6. The SMILES string of the molecule is N#CCC(c1ccccc1)N1CC2CCCC(N)C2C1. The summed E-state index contributed by atoms with van der Waals surface area (Å²) < 4.78 is 0. The van der Waals surface area contributed by atoms with Crippen LogP contribution < -0.4 is 5.73 Å². The Hall–Kier alpha value is -1.37. The fourth-order valence-corrected chi connectivity index (χ4v) is 4.03. The van der Waals surface area contributed by atoms with Gasteiger partial charge in [0.1, 0.15) is 0 Å². The highest BCUT2D eigenvalue weighted by atomic mass is 15.2. The van der Waals surface area contributed by atoms with Crippen molar-refractivity contribution in [3.63, 3.8) is 0 Å². The molecule has 1 heterocycles. The van der Waals surface area contributed by atoms with Gasteiger partial charge in [0, 0.05) is 25.2 Å². The lowest BCUT2D eigenvalue weighted by Crippen LogP contribution is -2.38. The van der Waals surface area contributed by atoms with Crippen LogP contribution in [-0.4, -0.2) is 24.0 Å². The van der Waals surface area contributed by atoms with Crippen molar-refractivity contribution in [1.82, 2.24) is 4.90 Å². The third kappa shape index (κ3) is 2.59. The number of hydrogen-bond donors (Lipinski definition) is 1. The van der Waals surface area contributed by atoms with E-state index in [1.165, 1.54) is 24.8 Å². The van der Waals surface area contributed by atoms with E-state index >= 15 is 0 Å². The normalized spacial score (nSPS) is 31.5. The van der Waals surface area contributed by atoms with Crippen molar-refractivity contribution in [2.45, 2.75) is 37.8 Å². The van der Waals surface area contributed by atoms with Gasteiger partial charge in [0.25, 0.3) is 0 Å². The Morgan fingerprint density at radius 2 is 2.05 bits per heavy atom. The van der Waals surface area contributed by atoms with E-state index in [0.29, 0.717) is 18.4 Å². The van der Waals surface area contributed by atoms with Crippen molar-refractivity contribution >= 4 is 0 Å². The van der Waals surface area contributed by atoms with Crippen LogP contribution in [-0.2, 0) is 0 Å². The van der Waals surface area contributed by atoms with Gasteiger partial charge in [-0.2, -0.15) is 5.26 Å². The van der Waals surface area contributed by atoms with E-state index in [-0.39, 0.29) is 6.04 Å². The minimum atomic E-state index is 0.235. The van der Waals surface area contributed by atoms with Gasteiger partial charge in [0.05, 0.1) is 12.5 Å². The van der Waals surface area contributed by atoms with Gasteiger partial charge < -0.3 is 5.73 Å². The van der Waals surface area contributed by atoms with Gasteiger partial charge in [-0.15, -0.1) is 0 Å². The molecule has 2 fully saturated rings. The lowest BCUT2D eigenvalue weighted by atomic mass is 9.78. The predicted molar refractivity (Wildman–Crippen MR) is 79.8 cm³/mol. The van der Waals surface area contributed by atoms with E-state index in [2.05, 4.69) is 35.2 Å². The minimum Gasteiger partial charge on any atom is -0.327 e. The maximum atomic E-state index is 9.17. The van der Waals surface area contributed by atoms with Crippen LogP contribution in [0, 0.1) is 23.2 Å². The summed E-state index contributed by atoms with van der Waals surface area (Å²) >= 11 is 0. The highest BCUT2D eigenvalue weighted by Crippen LogP contribution is 2.39. The van der Waals surface area contributed by atoms with E-state index in [1.54, 1.807) is 0 Å². The summed E-state index contributed by atoms with van der Waals surface area (Å²) in [5.74, 6) is 1.37. The first-order chi connectivity index (χ1) is 9.79. The number of nitriles is 1. The Morgan fingerprint density at radius 3 is 2.75 bits per heavy atom. The summed E-state index contributed by atoms with van der Waals surface area (Å²) in [6, 6.07) is 13.4. The number of likely N-dealkylation sites (tertiary alicyclic amines) is 1. The van der Waals surface area contributed by atoms with Crippen LogP contribution in [0.1, 0.15) is 37.3 Å². The molecule has 3 rings (SSSR count). The van der Waals surface area contributed by atoms with Crippen molar-refractivity contribution in [3.05, 3.63) is 35.9 Å². The molecule has 0 spiro atoms. The number of nitrogens with zero attached hydrogens (tertiary/aromatic N) is 2. The Balaban J connectivity index is 1.78. The molecular formula is C17H23N3. The molecule has 0 radical (unpaired) electrons. The number of hydrogen-bond acceptors (Lipinski definition) is 3. The van der Waals surface area contributed by atoms with E-state index < -0.39 is 0 Å². The molecule has 0 bridgehead atoms. The van der Waals surface area contributed by atoms with Crippen molar-refractivity contribution in [2.24, 2.45) is 17.6 Å². The monoisotopic (exact) mass is 269 g/mol. The quantitative estimate of drug-likeness (QED) is 0.918. The molecule has 4 atom stereocenters. The second-order valence-electron chi connectivity index (χ2n) is 6.26. The maximum absolute atomic E-state index is 9.17. The van der Waals surface area contributed by atoms with E-state index in [4.69, 9.17) is 11.0 Å². The zero-order valence-electron chi connectivity index (χ0n) is 11.9. The van der Waals surface area contributed by atoms with Crippen molar-refractivity contribution in [2.75, 3.05) is 13.1 Å². The topological polar surface area (TPSA) is 53.0 Å². The molecule has 106 valence electrons. The Labute approximate surface area is 121 Å². The average Bonchev–Trinajstić information content (AvgIpc) is 2.91. The highest BCUT2D eigenvalue weighted by molar-refractivity contribution is 5.20. The molecule has 2 aliphatic rings. The van der Waals surface area contributed by atoms with Crippen LogP contribution in [0.5, 0.6) is 0 Å². The Morgan fingerprint density at radius 1 is 1.25 bits per heavy atom. The Bertz CT molecular complexity index is 479. The fourth-order valence-electron chi connectivity index (χ4n) is 4.03. The second-order valence-corrected chi connectivity index (χ2v) is 6.26. The second kappa shape index (κ2) is 5.95. The van der Waals surface area contributed by atoms with Crippen molar-refractivity contribution < 1.29 is 0 Å². The van der Waals surface area contributed by atoms with E-state index in [9.17, 15) is 0 Å². The molecule has 0 amide bonds. The summed E-state index contributed by atoms with van der Waals surface area (Å²) in [6.45, 7) is 2.17. The summed E-state index contributed by atoms with van der Waals surface area (Å²) in [6.07, 6.45) is 4.31. The highest BCUT2D eigenvalue weighted by Gasteiger charge is 2.40. The van der Waals surface area contributed by atoms with Crippen LogP contribution in [0.2, 0.25) is 0 Å². The fraction of sp³-hybridized carbons (Fsp3) is 0.588. The van der Waals surface area contributed by atoms with Crippen LogP contribution >= 0.6 is 0 Å². The van der Waals surface area contributed by atoms with Gasteiger partial charge in [-0.25, -0.2) is 0 Å². The van der Waals surface area contributed by atoms with Crippen molar-refractivity contribution in [1.29, 1.82) is 5.26 Å². The van der Waals surface area contributed by atoms with Gasteiger partial charge in [-0.3, -0.25) is 4.90 Å². The molecule has 3 nitrogen and oxygen atoms in total. The predicted octanol–water partition coefficient (Wildman–Crippen LogP) is 2.70. The average molecular weight is 269 g/mol. The lowest BCUT2D eigenvalue weighted by Gasteiger charge is -2.30. The molecule has 1 aliphatic heterocycles. The molecule has 4 unspecified atom stereocenters. The van der Waals surface area contributed by atoms with Gasteiger partial charge in [0.2, 0.25) is 0 Å². The van der Waals surface area contributed by atoms with Crippen molar-refractivity contribution in [3.8, 4) is 6.07 Å². The molecular weight excluding hydrogens is 246 g/mol. The smallest absolute Gasteiger partial charge is 0.0641 e. The molecule has 0 aromatic heterocycles. The molecule has 1 saturated carbocycles. The zero-order valence-corrected chi connectivity index (χ0v) is 11.9. The Kier molecular flexibility index (Phi) is 4.05. The number of fused-ring (bicyclic) bond motifs is 1. The van der Waals surface area contributed by atoms with Gasteiger partial charge in [-0.1, -0.05) is 36.8 Å². The van der Waals surface area contributed by atoms with Crippen LogP contribution in [0.3, 0.4) is 0 Å². The molecule has 20 heavy (non-hydrogen) atoms. The number of benzene rings is 1. The van der Waals surface area contributed by atoms with Crippen LogP contribution in [0.25, 0.3) is 0 Å². The third-order valence-electron chi connectivity index (χ3n) is 5.09. The summed E-state index contributed by atoms with van der Waals surface area (Å²) in [4.78, 5) is 2.50. The molecule has 2 N–H and O–H groups in total. The standard InChI is InChI=1S/C17H23N3/c18-10-9-17(13-5-2-1-3-6-13)20-11-14-7-4-8-16(19)15(14)12-20/h1-3,5-6,14-17H,4,7-9,11-12,19H2. The molecule has 1 aliphatic carbocycles. The maximum Gasteiger partial charge on any atom is 0.0641 e. The molecule has 3 heteroatoms. The summed E-state index contributed by atoms with van der Waals surface area (Å²) in [7, 11) is 0. The number of rotatable bonds is 3. The van der Waals surface area contributed by atoms with Crippen LogP contribution in [0.15, 0.2) is 30.3 Å². The zero-order chi connectivity index (χ0) is 13.9. The van der Waals surface area contributed by atoms with Gasteiger partial charge in [-0.05, 0) is 30.2 Å². The van der Waals surface area contributed by atoms with E-state index in [1.807, 2.05) is 6.07 Å². The van der Waals surface area contributed by atoms with Gasteiger partial charge >= 0.3 is 0 Å². The first-order valence-electron chi connectivity index (χ1n) is 7.71. The summed E-state index contributed by atoms with van der Waals surface area (Å²) in [5, 5.41) is 9.17. The molecule has 1 aromatic rings. The molecule has 1 saturated heterocycles. The third-order valence-corrected chi connectivity index (χ3v) is 5.09. The minimum absolute atomic E-state index is 0.235. The van der Waals surface area contributed by atoms with Crippen LogP contribution in [0.4, 0.5) is 0 Å². The first-order valence-corrected chi connectivity index (χ1v) is 7.71. The number of nitrogens with two attached hydrogens (primary N) is 1. The largest absolute Gasteiger partial charge is 0.327 e.